The van der Waals surface area contributed by atoms with Crippen molar-refractivity contribution in [3.63, 3.8) is 0 Å². The quantitative estimate of drug-likeness (QED) is 0.448. The summed E-state index contributed by atoms with van der Waals surface area (Å²) >= 11 is 0. The molecule has 0 radical (unpaired) electrons. The van der Waals surface area contributed by atoms with Crippen LogP contribution in [0, 0.1) is 17.4 Å². The molecule has 0 aliphatic carbocycles. The highest BCUT2D eigenvalue weighted by molar-refractivity contribution is 4.71. The standard InChI is InChI=1S/C7H12N2O/c8-6-9-5-7-1-3-10-4-2-7/h7,9H,1-5H2. The highest BCUT2D eigenvalue weighted by Gasteiger charge is 2.12. The van der Waals surface area contributed by atoms with E-state index >= 15 is 0 Å². The third-order valence-electron chi connectivity index (χ3n) is 1.81. The van der Waals surface area contributed by atoms with E-state index in [1.807, 2.05) is 6.19 Å². The highest BCUT2D eigenvalue weighted by atomic mass is 16.5. The molecule has 1 N–H and O–H groups in total. The average Bonchev–Trinajstić information content (AvgIpc) is 2.03. The van der Waals surface area contributed by atoms with Crippen molar-refractivity contribution in [1.29, 1.82) is 5.26 Å². The summed E-state index contributed by atoms with van der Waals surface area (Å²) in [7, 11) is 0. The maximum absolute atomic E-state index is 8.20. The Morgan fingerprint density at radius 2 is 2.20 bits per heavy atom. The van der Waals surface area contributed by atoms with Gasteiger partial charge in [0.2, 0.25) is 0 Å². The molecule has 0 aromatic heterocycles. The fourth-order valence-electron chi connectivity index (χ4n) is 1.14. The number of nitrogens with zero attached hydrogens (tertiary/aromatic N) is 1. The Kier molecular flexibility index (Phi) is 3.04. The van der Waals surface area contributed by atoms with Crippen LogP contribution in [0.2, 0.25) is 0 Å². The number of nitriles is 1. The molecule has 0 atom stereocenters. The van der Waals surface area contributed by atoms with Gasteiger partial charge in [0.15, 0.2) is 6.19 Å². The number of nitrogens with one attached hydrogen (secondary N) is 1. The van der Waals surface area contributed by atoms with Gasteiger partial charge in [-0.2, -0.15) is 5.26 Å². The predicted octanol–water partition coefficient (Wildman–Crippen LogP) is 0.484. The lowest BCUT2D eigenvalue weighted by atomic mass is 10.0. The highest BCUT2D eigenvalue weighted by Crippen LogP contribution is 2.12. The summed E-state index contributed by atoms with van der Waals surface area (Å²) in [6.45, 7) is 2.54. The fraction of sp³-hybridized carbons (Fsp3) is 0.857. The van der Waals surface area contributed by atoms with E-state index in [9.17, 15) is 0 Å². The average molecular weight is 140 g/mol. The summed E-state index contributed by atoms with van der Waals surface area (Å²) in [5, 5.41) is 10.9. The molecule has 0 spiro atoms. The van der Waals surface area contributed by atoms with Gasteiger partial charge in [-0.05, 0) is 18.8 Å². The Hall–Kier alpha value is -0.750. The zero-order chi connectivity index (χ0) is 7.23. The van der Waals surface area contributed by atoms with E-state index in [1.165, 1.54) is 0 Å². The van der Waals surface area contributed by atoms with Crippen molar-refractivity contribution >= 4 is 0 Å². The molecule has 1 aliphatic heterocycles. The van der Waals surface area contributed by atoms with Crippen LogP contribution in [0.4, 0.5) is 0 Å². The van der Waals surface area contributed by atoms with Gasteiger partial charge in [-0.25, -0.2) is 0 Å². The lowest BCUT2D eigenvalue weighted by Gasteiger charge is -2.20. The Labute approximate surface area is 61.0 Å². The first-order chi connectivity index (χ1) is 4.93. The van der Waals surface area contributed by atoms with E-state index in [4.69, 9.17) is 10.00 Å². The minimum Gasteiger partial charge on any atom is -0.381 e. The van der Waals surface area contributed by atoms with Gasteiger partial charge in [0.25, 0.3) is 0 Å². The van der Waals surface area contributed by atoms with Gasteiger partial charge in [-0.1, -0.05) is 0 Å². The molecule has 1 heterocycles. The van der Waals surface area contributed by atoms with E-state index in [-0.39, 0.29) is 0 Å². The van der Waals surface area contributed by atoms with Crippen LogP contribution in [0.15, 0.2) is 0 Å². The van der Waals surface area contributed by atoms with Gasteiger partial charge in [0, 0.05) is 19.8 Å². The molecule has 1 aliphatic rings. The Morgan fingerprint density at radius 3 is 2.80 bits per heavy atom. The molecule has 0 bridgehead atoms. The van der Waals surface area contributed by atoms with Gasteiger partial charge in [-0.3, -0.25) is 0 Å². The molecule has 0 aromatic rings. The fourth-order valence-corrected chi connectivity index (χ4v) is 1.14. The van der Waals surface area contributed by atoms with Gasteiger partial charge < -0.3 is 10.1 Å². The van der Waals surface area contributed by atoms with E-state index in [1.54, 1.807) is 0 Å². The van der Waals surface area contributed by atoms with Crippen molar-refractivity contribution in [2.45, 2.75) is 12.8 Å². The molecular formula is C7H12N2O. The smallest absolute Gasteiger partial charge is 0.176 e. The van der Waals surface area contributed by atoms with Crippen LogP contribution >= 0.6 is 0 Å². The van der Waals surface area contributed by atoms with Crippen LogP contribution in [0.1, 0.15) is 12.8 Å². The first-order valence-electron chi connectivity index (χ1n) is 3.63. The second kappa shape index (κ2) is 4.13. The van der Waals surface area contributed by atoms with E-state index in [0.29, 0.717) is 5.92 Å². The topological polar surface area (TPSA) is 45.0 Å². The van der Waals surface area contributed by atoms with Crippen LogP contribution in [-0.4, -0.2) is 19.8 Å². The molecule has 1 saturated heterocycles. The van der Waals surface area contributed by atoms with Gasteiger partial charge in [0.1, 0.15) is 0 Å². The molecule has 3 heteroatoms. The zero-order valence-electron chi connectivity index (χ0n) is 5.97. The predicted molar refractivity (Wildman–Crippen MR) is 37.2 cm³/mol. The third-order valence-corrected chi connectivity index (χ3v) is 1.81. The van der Waals surface area contributed by atoms with E-state index < -0.39 is 0 Å². The zero-order valence-corrected chi connectivity index (χ0v) is 5.97. The summed E-state index contributed by atoms with van der Waals surface area (Å²) in [6, 6.07) is 0. The van der Waals surface area contributed by atoms with Crippen LogP contribution in [-0.2, 0) is 4.74 Å². The van der Waals surface area contributed by atoms with Crippen molar-refractivity contribution in [3.05, 3.63) is 0 Å². The number of rotatable bonds is 2. The van der Waals surface area contributed by atoms with Gasteiger partial charge >= 0.3 is 0 Å². The monoisotopic (exact) mass is 140 g/mol. The first-order valence-corrected chi connectivity index (χ1v) is 3.63. The molecule has 0 amide bonds. The molecular weight excluding hydrogens is 128 g/mol. The van der Waals surface area contributed by atoms with E-state index in [0.717, 1.165) is 32.6 Å². The van der Waals surface area contributed by atoms with Crippen LogP contribution < -0.4 is 5.32 Å². The van der Waals surface area contributed by atoms with Crippen molar-refractivity contribution in [3.8, 4) is 6.19 Å². The normalized spacial score (nSPS) is 19.9. The maximum atomic E-state index is 8.20. The van der Waals surface area contributed by atoms with Crippen molar-refractivity contribution in [2.24, 2.45) is 5.92 Å². The molecule has 56 valence electrons. The number of hydrogen-bond acceptors (Lipinski definition) is 3. The largest absolute Gasteiger partial charge is 0.381 e. The molecule has 0 aromatic carbocycles. The second-order valence-corrected chi connectivity index (χ2v) is 2.55. The summed E-state index contributed by atoms with van der Waals surface area (Å²) in [4.78, 5) is 0. The Morgan fingerprint density at radius 1 is 1.50 bits per heavy atom. The van der Waals surface area contributed by atoms with Gasteiger partial charge in [0.05, 0.1) is 0 Å². The lowest BCUT2D eigenvalue weighted by molar-refractivity contribution is 0.0674. The number of hydrogen-bond donors (Lipinski definition) is 1. The SMILES string of the molecule is N#CNCC1CCOCC1. The van der Waals surface area contributed by atoms with Crippen molar-refractivity contribution in [2.75, 3.05) is 19.8 Å². The summed E-state index contributed by atoms with van der Waals surface area (Å²) in [6.07, 6.45) is 4.11. The molecule has 1 fully saturated rings. The first kappa shape index (κ1) is 7.36. The Balaban J connectivity index is 2.09. The molecule has 0 unspecified atom stereocenters. The van der Waals surface area contributed by atoms with Crippen molar-refractivity contribution < 1.29 is 4.74 Å². The van der Waals surface area contributed by atoms with Crippen molar-refractivity contribution in [1.82, 2.24) is 5.32 Å². The van der Waals surface area contributed by atoms with Crippen LogP contribution in [0.5, 0.6) is 0 Å². The number of ether oxygens (including phenoxy) is 1. The lowest BCUT2D eigenvalue weighted by Crippen LogP contribution is -2.24. The molecule has 1 rings (SSSR count). The molecule has 0 saturated carbocycles. The summed E-state index contributed by atoms with van der Waals surface area (Å²) in [5.74, 6) is 0.647. The third kappa shape index (κ3) is 2.24. The minimum absolute atomic E-state index is 0.647. The minimum atomic E-state index is 0.647. The summed E-state index contributed by atoms with van der Waals surface area (Å²) < 4.78 is 5.17. The Bertz CT molecular complexity index is 124. The van der Waals surface area contributed by atoms with Gasteiger partial charge in [-0.15, -0.1) is 0 Å². The van der Waals surface area contributed by atoms with Crippen LogP contribution in [0.3, 0.4) is 0 Å². The van der Waals surface area contributed by atoms with Crippen LogP contribution in [0.25, 0.3) is 0 Å². The van der Waals surface area contributed by atoms with E-state index in [2.05, 4.69) is 5.32 Å². The molecule has 10 heavy (non-hydrogen) atoms. The summed E-state index contributed by atoms with van der Waals surface area (Å²) in [5.41, 5.74) is 0. The second-order valence-electron chi connectivity index (χ2n) is 2.55. The molecule has 3 nitrogen and oxygen atoms in total. The maximum Gasteiger partial charge on any atom is 0.176 e.